The Kier molecular flexibility index (Phi) is 3.94. The molecule has 0 aromatic heterocycles. The van der Waals surface area contributed by atoms with Crippen LogP contribution in [-0.2, 0) is 9.59 Å². The molecule has 1 unspecified atom stereocenters. The highest BCUT2D eigenvalue weighted by atomic mass is 16.5. The third kappa shape index (κ3) is 3.20. The van der Waals surface area contributed by atoms with E-state index in [9.17, 15) is 9.59 Å². The molecule has 3 heteroatoms. The maximum atomic E-state index is 11.8. The molecule has 0 radical (unpaired) electrons. The number of rotatable bonds is 2. The van der Waals surface area contributed by atoms with Gasteiger partial charge in [-0.2, -0.15) is 0 Å². The van der Waals surface area contributed by atoms with Gasteiger partial charge in [0, 0.05) is 5.56 Å². The van der Waals surface area contributed by atoms with E-state index in [-0.39, 0.29) is 11.6 Å². The van der Waals surface area contributed by atoms with E-state index >= 15 is 0 Å². The lowest BCUT2D eigenvalue weighted by molar-refractivity contribution is -0.125. The summed E-state index contributed by atoms with van der Waals surface area (Å²) in [5.74, 6) is 4.60. The molecule has 1 atom stereocenters. The van der Waals surface area contributed by atoms with Crippen molar-refractivity contribution in [2.75, 3.05) is 7.11 Å². The molecule has 0 saturated heterocycles. The Morgan fingerprint density at radius 3 is 2.58 bits per heavy atom. The number of hydrogen-bond acceptors (Lipinski definition) is 3. The molecule has 1 aliphatic rings. The van der Waals surface area contributed by atoms with E-state index in [2.05, 4.69) is 11.8 Å². The zero-order chi connectivity index (χ0) is 13.7. The Labute approximate surface area is 111 Å². The molecule has 1 aromatic carbocycles. The molecule has 0 bridgehead atoms. The average Bonchev–Trinajstić information content (AvgIpc) is 2.46. The Morgan fingerprint density at radius 2 is 1.95 bits per heavy atom. The van der Waals surface area contributed by atoms with Crippen LogP contribution >= 0.6 is 0 Å². The van der Waals surface area contributed by atoms with Gasteiger partial charge >= 0.3 is 0 Å². The van der Waals surface area contributed by atoms with Gasteiger partial charge < -0.3 is 4.74 Å². The van der Waals surface area contributed by atoms with E-state index in [0.717, 1.165) is 5.75 Å². The SMILES string of the molecule is COc1ccc(C#CC(=O)C2C=CC=CC2=O)cc1. The molecule has 19 heavy (non-hydrogen) atoms. The average molecular weight is 252 g/mol. The van der Waals surface area contributed by atoms with Crippen molar-refractivity contribution in [2.24, 2.45) is 5.92 Å². The van der Waals surface area contributed by atoms with Gasteiger partial charge in [-0.1, -0.05) is 24.1 Å². The number of carbonyl (C=O) groups is 2. The summed E-state index contributed by atoms with van der Waals surface area (Å²) in [6.45, 7) is 0. The standard InChI is InChI=1S/C16H12O3/c1-19-13-9-6-12(7-10-13)8-11-16(18)14-4-2-3-5-15(14)17/h2-7,9-10,14H,1H3. The van der Waals surface area contributed by atoms with Gasteiger partial charge in [-0.3, -0.25) is 9.59 Å². The minimum absolute atomic E-state index is 0.225. The van der Waals surface area contributed by atoms with Gasteiger partial charge in [-0.15, -0.1) is 0 Å². The fourth-order valence-corrected chi connectivity index (χ4v) is 1.63. The predicted octanol–water partition coefficient (Wildman–Crippen LogP) is 1.93. The van der Waals surface area contributed by atoms with Gasteiger partial charge in [0.25, 0.3) is 0 Å². The van der Waals surface area contributed by atoms with E-state index in [1.54, 1.807) is 49.6 Å². The maximum Gasteiger partial charge on any atom is 0.220 e. The number of benzene rings is 1. The molecule has 0 spiro atoms. The van der Waals surface area contributed by atoms with Crippen LogP contribution in [-0.4, -0.2) is 18.7 Å². The molecule has 3 nitrogen and oxygen atoms in total. The summed E-state index contributed by atoms with van der Waals surface area (Å²) in [7, 11) is 1.58. The van der Waals surface area contributed by atoms with E-state index in [1.807, 2.05) is 0 Å². The summed E-state index contributed by atoms with van der Waals surface area (Å²) in [5.41, 5.74) is 0.705. The van der Waals surface area contributed by atoms with Gasteiger partial charge in [-0.25, -0.2) is 0 Å². The summed E-state index contributed by atoms with van der Waals surface area (Å²) in [4.78, 5) is 23.3. The number of ketones is 2. The number of Topliss-reactive ketones (excluding diaryl/α,β-unsaturated/α-hetero) is 1. The largest absolute Gasteiger partial charge is 0.497 e. The van der Waals surface area contributed by atoms with E-state index < -0.39 is 5.92 Å². The second-order valence-corrected chi connectivity index (χ2v) is 3.97. The quantitative estimate of drug-likeness (QED) is 0.596. The lowest BCUT2D eigenvalue weighted by Crippen LogP contribution is -2.20. The summed E-state index contributed by atoms with van der Waals surface area (Å²) < 4.78 is 5.03. The van der Waals surface area contributed by atoms with Crippen molar-refractivity contribution < 1.29 is 14.3 Å². The van der Waals surface area contributed by atoms with Crippen LogP contribution in [0.2, 0.25) is 0 Å². The highest BCUT2D eigenvalue weighted by Gasteiger charge is 2.21. The second-order valence-electron chi connectivity index (χ2n) is 3.97. The van der Waals surface area contributed by atoms with Crippen molar-refractivity contribution >= 4 is 11.6 Å². The smallest absolute Gasteiger partial charge is 0.220 e. The molecule has 1 aliphatic carbocycles. The molecule has 0 aliphatic heterocycles. The molecule has 0 N–H and O–H groups in total. The molecule has 1 aromatic rings. The Bertz CT molecular complexity index is 610. The zero-order valence-corrected chi connectivity index (χ0v) is 10.4. The minimum Gasteiger partial charge on any atom is -0.497 e. The topological polar surface area (TPSA) is 43.4 Å². The number of carbonyl (C=O) groups excluding carboxylic acids is 2. The zero-order valence-electron chi connectivity index (χ0n) is 10.4. The summed E-state index contributed by atoms with van der Waals surface area (Å²) in [6, 6.07) is 7.06. The molecule has 0 fully saturated rings. The summed E-state index contributed by atoms with van der Waals surface area (Å²) >= 11 is 0. The molecule has 0 heterocycles. The minimum atomic E-state index is -0.768. The van der Waals surface area contributed by atoms with Crippen molar-refractivity contribution in [1.29, 1.82) is 0 Å². The molecular formula is C16H12O3. The highest BCUT2D eigenvalue weighted by Crippen LogP contribution is 2.11. The molecule has 94 valence electrons. The van der Waals surface area contributed by atoms with E-state index in [1.165, 1.54) is 6.08 Å². The highest BCUT2D eigenvalue weighted by molar-refractivity contribution is 6.16. The third-order valence-electron chi connectivity index (χ3n) is 2.68. The fraction of sp³-hybridized carbons (Fsp3) is 0.125. The molecule has 2 rings (SSSR count). The second kappa shape index (κ2) is 5.83. The summed E-state index contributed by atoms with van der Waals surface area (Å²) in [6.07, 6.45) is 6.24. The van der Waals surface area contributed by atoms with Crippen LogP contribution in [0.4, 0.5) is 0 Å². The van der Waals surface area contributed by atoms with E-state index in [0.29, 0.717) is 5.56 Å². The molecule has 0 amide bonds. The van der Waals surface area contributed by atoms with Crippen LogP contribution in [0.3, 0.4) is 0 Å². The first-order valence-electron chi connectivity index (χ1n) is 5.79. The normalized spacial score (nSPS) is 16.7. The number of methoxy groups -OCH3 is 1. The third-order valence-corrected chi connectivity index (χ3v) is 2.68. The van der Waals surface area contributed by atoms with Crippen molar-refractivity contribution in [3.63, 3.8) is 0 Å². The van der Waals surface area contributed by atoms with E-state index in [4.69, 9.17) is 4.74 Å². The number of hydrogen-bond donors (Lipinski definition) is 0. The van der Waals surface area contributed by atoms with Gasteiger partial charge in [-0.05, 0) is 36.3 Å². The van der Waals surface area contributed by atoms with Crippen molar-refractivity contribution in [2.45, 2.75) is 0 Å². The molecular weight excluding hydrogens is 240 g/mol. The van der Waals surface area contributed by atoms with Crippen LogP contribution in [0, 0.1) is 17.8 Å². The van der Waals surface area contributed by atoms with Gasteiger partial charge in [0.1, 0.15) is 11.7 Å². The van der Waals surface area contributed by atoms with Crippen molar-refractivity contribution in [3.8, 4) is 17.6 Å². The number of allylic oxidation sites excluding steroid dienone is 4. The van der Waals surface area contributed by atoms with Gasteiger partial charge in [0.05, 0.1) is 7.11 Å². The first kappa shape index (κ1) is 12.8. The van der Waals surface area contributed by atoms with Gasteiger partial charge in [0.2, 0.25) is 5.78 Å². The number of ether oxygens (including phenoxy) is 1. The fourth-order valence-electron chi connectivity index (χ4n) is 1.63. The Balaban J connectivity index is 2.10. The Hall–Kier alpha value is -2.60. The van der Waals surface area contributed by atoms with Crippen LogP contribution < -0.4 is 4.74 Å². The first-order valence-corrected chi connectivity index (χ1v) is 5.79. The van der Waals surface area contributed by atoms with Gasteiger partial charge in [0.15, 0.2) is 5.78 Å². The Morgan fingerprint density at radius 1 is 1.21 bits per heavy atom. The lowest BCUT2D eigenvalue weighted by Gasteiger charge is -2.05. The lowest BCUT2D eigenvalue weighted by atomic mass is 9.95. The van der Waals surface area contributed by atoms with Crippen molar-refractivity contribution in [3.05, 3.63) is 54.1 Å². The van der Waals surface area contributed by atoms with Crippen LogP contribution in [0.5, 0.6) is 5.75 Å². The molecule has 0 saturated carbocycles. The monoisotopic (exact) mass is 252 g/mol. The predicted molar refractivity (Wildman–Crippen MR) is 71.7 cm³/mol. The van der Waals surface area contributed by atoms with Crippen LogP contribution in [0.25, 0.3) is 0 Å². The van der Waals surface area contributed by atoms with Crippen molar-refractivity contribution in [1.82, 2.24) is 0 Å². The summed E-state index contributed by atoms with van der Waals surface area (Å²) in [5, 5.41) is 0. The van der Waals surface area contributed by atoms with Crippen LogP contribution in [0.15, 0.2) is 48.6 Å². The van der Waals surface area contributed by atoms with Crippen LogP contribution in [0.1, 0.15) is 5.56 Å². The first-order chi connectivity index (χ1) is 9.20. The maximum absolute atomic E-state index is 11.8.